The highest BCUT2D eigenvalue weighted by molar-refractivity contribution is 9.11. The van der Waals surface area contributed by atoms with Crippen molar-refractivity contribution in [1.29, 1.82) is 0 Å². The third-order valence-electron chi connectivity index (χ3n) is 5.40. The summed E-state index contributed by atoms with van der Waals surface area (Å²) in [5.74, 6) is 0.295. The molecule has 0 aliphatic carbocycles. The summed E-state index contributed by atoms with van der Waals surface area (Å²) in [5, 5.41) is 0. The van der Waals surface area contributed by atoms with Crippen molar-refractivity contribution in [2.75, 3.05) is 0 Å². The molecule has 3 nitrogen and oxygen atoms in total. The van der Waals surface area contributed by atoms with E-state index in [1.165, 1.54) is 0 Å². The second kappa shape index (κ2) is 10.4. The van der Waals surface area contributed by atoms with Gasteiger partial charge in [-0.2, -0.15) is 8.42 Å². The van der Waals surface area contributed by atoms with Crippen LogP contribution in [0.3, 0.4) is 0 Å². The van der Waals surface area contributed by atoms with Crippen molar-refractivity contribution in [3.8, 4) is 5.75 Å². The first-order chi connectivity index (χ1) is 15.8. The minimum absolute atomic E-state index is 0.0340. The summed E-state index contributed by atoms with van der Waals surface area (Å²) < 4.78 is 33.7. The minimum Gasteiger partial charge on any atom is -0.379 e. The van der Waals surface area contributed by atoms with Gasteiger partial charge in [0.1, 0.15) is 10.6 Å². The predicted molar refractivity (Wildman–Crippen MR) is 149 cm³/mol. The first kappa shape index (κ1) is 26.7. The lowest BCUT2D eigenvalue weighted by Gasteiger charge is -2.33. The van der Waals surface area contributed by atoms with Gasteiger partial charge in [0.15, 0.2) is 0 Å². The summed E-state index contributed by atoms with van der Waals surface area (Å²) in [7, 11) is -4.02. The number of hydrogen-bond donors (Lipinski definition) is 0. The van der Waals surface area contributed by atoms with Crippen molar-refractivity contribution < 1.29 is 12.6 Å². The molecule has 180 valence electrons. The molecule has 0 fully saturated rings. The molecule has 0 amide bonds. The summed E-state index contributed by atoms with van der Waals surface area (Å²) >= 11 is 6.99. The Bertz CT molecular complexity index is 1290. The molecule has 0 saturated heterocycles. The first-order valence-electron chi connectivity index (χ1n) is 11.0. The first-order valence-corrected chi connectivity index (χ1v) is 14.0. The largest absolute Gasteiger partial charge is 0.379 e. The van der Waals surface area contributed by atoms with Crippen molar-refractivity contribution >= 4 is 54.1 Å². The average Bonchev–Trinajstić information content (AvgIpc) is 2.73. The minimum atomic E-state index is -4.02. The van der Waals surface area contributed by atoms with E-state index in [0.29, 0.717) is 11.3 Å². The molecule has 34 heavy (non-hydrogen) atoms. The molecular formula is C28H30Br2O3S. The van der Waals surface area contributed by atoms with Gasteiger partial charge in [-0.3, -0.25) is 0 Å². The highest BCUT2D eigenvalue weighted by Gasteiger charge is 2.27. The quantitative estimate of drug-likeness (QED) is 0.199. The van der Waals surface area contributed by atoms with E-state index in [9.17, 15) is 8.42 Å². The van der Waals surface area contributed by atoms with Crippen LogP contribution in [-0.2, 0) is 15.5 Å². The Balaban J connectivity index is 1.85. The summed E-state index contributed by atoms with van der Waals surface area (Å²) in [6.07, 6.45) is 4.66. The normalized spacial score (nSPS) is 12.8. The zero-order valence-corrected chi connectivity index (χ0v) is 24.1. The summed E-state index contributed by atoms with van der Waals surface area (Å²) in [6, 6.07) is 20.0. The molecule has 0 radical (unpaired) electrons. The Hall–Kier alpha value is -1.89. The van der Waals surface area contributed by atoms with E-state index in [2.05, 4.69) is 66.5 Å². The van der Waals surface area contributed by atoms with Crippen LogP contribution in [0.5, 0.6) is 5.75 Å². The lowest BCUT2D eigenvalue weighted by molar-refractivity contribution is 0.284. The Labute approximate surface area is 220 Å². The van der Waals surface area contributed by atoms with Gasteiger partial charge in [0.05, 0.1) is 0 Å². The van der Waals surface area contributed by atoms with Gasteiger partial charge >= 0.3 is 10.1 Å². The standard InChI is InChI=1S/C28H30Br2O3S/c1-27(2,3)19-28(4,5)22-12-15-24(16-13-22)33-34(31,32)26-9-7-6-8-20(26)10-11-21-18-23(29)14-17-25(21)30/h6-18H,19H2,1-5H3. The van der Waals surface area contributed by atoms with E-state index < -0.39 is 10.1 Å². The third-order valence-corrected chi connectivity index (χ3v) is 7.94. The average molecular weight is 606 g/mol. The molecule has 0 atom stereocenters. The van der Waals surface area contributed by atoms with Crippen LogP contribution in [0.4, 0.5) is 0 Å². The van der Waals surface area contributed by atoms with Crippen LogP contribution in [0, 0.1) is 5.41 Å². The van der Waals surface area contributed by atoms with Gasteiger partial charge in [-0.25, -0.2) is 0 Å². The fourth-order valence-corrected chi connectivity index (χ4v) is 6.11. The molecule has 0 spiro atoms. The molecule has 0 heterocycles. The van der Waals surface area contributed by atoms with E-state index >= 15 is 0 Å². The highest BCUT2D eigenvalue weighted by Crippen LogP contribution is 2.37. The van der Waals surface area contributed by atoms with Crippen LogP contribution >= 0.6 is 31.9 Å². The Morgan fingerprint density at radius 3 is 2.09 bits per heavy atom. The van der Waals surface area contributed by atoms with Crippen LogP contribution in [-0.4, -0.2) is 8.42 Å². The van der Waals surface area contributed by atoms with Crippen LogP contribution in [0.25, 0.3) is 12.2 Å². The van der Waals surface area contributed by atoms with Gasteiger partial charge in [-0.05, 0) is 70.3 Å². The molecule has 0 unspecified atom stereocenters. The molecule has 0 bridgehead atoms. The predicted octanol–water partition coefficient (Wildman–Crippen LogP) is 8.86. The number of halogens is 2. The van der Waals surface area contributed by atoms with Crippen molar-refractivity contribution in [2.45, 2.75) is 51.3 Å². The third kappa shape index (κ3) is 7.06. The topological polar surface area (TPSA) is 43.4 Å². The van der Waals surface area contributed by atoms with Gasteiger partial charge in [-0.1, -0.05) is 109 Å². The second-order valence-electron chi connectivity index (χ2n) is 10.2. The molecular weight excluding hydrogens is 576 g/mol. The number of rotatable bonds is 7. The maximum atomic E-state index is 13.2. The Morgan fingerprint density at radius 2 is 1.44 bits per heavy atom. The Morgan fingerprint density at radius 1 is 0.824 bits per heavy atom. The molecule has 3 aromatic rings. The maximum absolute atomic E-state index is 13.2. The molecule has 0 N–H and O–H groups in total. The lowest BCUT2D eigenvalue weighted by atomic mass is 9.72. The van der Waals surface area contributed by atoms with E-state index in [1.54, 1.807) is 42.5 Å². The van der Waals surface area contributed by atoms with Gasteiger partial charge in [0, 0.05) is 8.95 Å². The number of hydrogen-bond acceptors (Lipinski definition) is 3. The second-order valence-corrected chi connectivity index (χ2v) is 13.5. The summed E-state index contributed by atoms with van der Waals surface area (Å²) in [6.45, 7) is 11.1. The van der Waals surface area contributed by atoms with Crippen LogP contribution in [0.15, 0.2) is 80.6 Å². The van der Waals surface area contributed by atoms with E-state index in [0.717, 1.165) is 26.5 Å². The molecule has 6 heteroatoms. The SMILES string of the molecule is CC(C)(C)CC(C)(C)c1ccc(OS(=O)(=O)c2ccccc2C=Cc2cc(Br)ccc2Br)cc1. The summed E-state index contributed by atoms with van der Waals surface area (Å²) in [4.78, 5) is 0.120. The zero-order valence-electron chi connectivity index (χ0n) is 20.1. The van der Waals surface area contributed by atoms with Crippen LogP contribution in [0.1, 0.15) is 57.7 Å². The smallest absolute Gasteiger partial charge is 0.339 e. The zero-order chi connectivity index (χ0) is 25.1. The lowest BCUT2D eigenvalue weighted by Crippen LogP contribution is -2.24. The molecule has 3 aromatic carbocycles. The van der Waals surface area contributed by atoms with Gasteiger partial charge < -0.3 is 4.18 Å². The molecule has 0 aliphatic heterocycles. The van der Waals surface area contributed by atoms with Crippen molar-refractivity contribution in [2.24, 2.45) is 5.41 Å². The molecule has 0 aromatic heterocycles. The fraction of sp³-hybridized carbons (Fsp3) is 0.286. The maximum Gasteiger partial charge on any atom is 0.339 e. The Kier molecular flexibility index (Phi) is 8.16. The molecule has 0 saturated carbocycles. The van der Waals surface area contributed by atoms with E-state index in [1.807, 2.05) is 36.4 Å². The van der Waals surface area contributed by atoms with Gasteiger partial charge in [0.2, 0.25) is 0 Å². The summed E-state index contributed by atoms with van der Waals surface area (Å²) in [5.41, 5.74) is 2.78. The van der Waals surface area contributed by atoms with Crippen molar-refractivity contribution in [3.05, 3.63) is 92.4 Å². The number of benzene rings is 3. The monoisotopic (exact) mass is 604 g/mol. The molecule has 3 rings (SSSR count). The van der Waals surface area contributed by atoms with Crippen LogP contribution < -0.4 is 4.18 Å². The van der Waals surface area contributed by atoms with Crippen LogP contribution in [0.2, 0.25) is 0 Å². The fourth-order valence-electron chi connectivity index (χ4n) is 4.23. The van der Waals surface area contributed by atoms with Crippen molar-refractivity contribution in [3.63, 3.8) is 0 Å². The van der Waals surface area contributed by atoms with Crippen molar-refractivity contribution in [1.82, 2.24) is 0 Å². The highest BCUT2D eigenvalue weighted by atomic mass is 79.9. The molecule has 0 aliphatic rings. The van der Waals surface area contributed by atoms with Gasteiger partial charge in [0.25, 0.3) is 0 Å². The van der Waals surface area contributed by atoms with E-state index in [4.69, 9.17) is 4.18 Å². The van der Waals surface area contributed by atoms with Gasteiger partial charge in [-0.15, -0.1) is 0 Å². The van der Waals surface area contributed by atoms with E-state index in [-0.39, 0.29) is 15.7 Å².